The van der Waals surface area contributed by atoms with Crippen molar-refractivity contribution in [1.82, 2.24) is 4.90 Å². The molecule has 6 nitrogen and oxygen atoms in total. The summed E-state index contributed by atoms with van der Waals surface area (Å²) in [5, 5.41) is 0.537. The Morgan fingerprint density at radius 1 is 1.06 bits per heavy atom. The van der Waals surface area contributed by atoms with E-state index in [2.05, 4.69) is 6.92 Å². The van der Waals surface area contributed by atoms with Crippen molar-refractivity contribution in [1.29, 1.82) is 0 Å². The molecular weight excluding hydrogens is 430 g/mol. The highest BCUT2D eigenvalue weighted by molar-refractivity contribution is 5.99. The van der Waals surface area contributed by atoms with E-state index in [1.807, 2.05) is 64.1 Å². The van der Waals surface area contributed by atoms with Crippen LogP contribution < -0.4 is 10.2 Å². The number of nitrogens with zero attached hydrogens (tertiary/aromatic N) is 1. The van der Waals surface area contributed by atoms with Gasteiger partial charge in [-0.2, -0.15) is 0 Å². The van der Waals surface area contributed by atoms with Gasteiger partial charge in [-0.1, -0.05) is 25.1 Å². The lowest BCUT2D eigenvalue weighted by atomic mass is 9.97. The summed E-state index contributed by atoms with van der Waals surface area (Å²) < 4.78 is 17.5. The molecule has 2 aromatic carbocycles. The number of carbonyl (C=O) groups is 1. The number of benzene rings is 2. The van der Waals surface area contributed by atoms with Gasteiger partial charge in [0.05, 0.1) is 29.7 Å². The molecule has 0 radical (unpaired) electrons. The van der Waals surface area contributed by atoms with E-state index in [0.29, 0.717) is 42.7 Å². The van der Waals surface area contributed by atoms with Crippen molar-refractivity contribution < 1.29 is 18.7 Å². The van der Waals surface area contributed by atoms with Crippen molar-refractivity contribution in [3.8, 4) is 5.75 Å². The van der Waals surface area contributed by atoms with Crippen LogP contribution in [0.3, 0.4) is 0 Å². The molecule has 34 heavy (non-hydrogen) atoms. The van der Waals surface area contributed by atoms with Gasteiger partial charge in [0, 0.05) is 13.2 Å². The molecule has 0 spiro atoms. The molecule has 4 rings (SSSR count). The second kappa shape index (κ2) is 10.0. The Kier molecular flexibility index (Phi) is 7.08. The summed E-state index contributed by atoms with van der Waals surface area (Å²) in [7, 11) is 0. The molecule has 0 bridgehead atoms. The molecule has 1 aliphatic heterocycles. The van der Waals surface area contributed by atoms with Crippen molar-refractivity contribution in [2.45, 2.75) is 59.6 Å². The summed E-state index contributed by atoms with van der Waals surface area (Å²) in [5.41, 5.74) is 3.43. The number of fused-ring (bicyclic) bond motifs is 2. The molecule has 3 aromatic rings. The predicted molar refractivity (Wildman–Crippen MR) is 133 cm³/mol. The number of aryl methyl sites for hydroxylation is 2. The Labute approximate surface area is 200 Å². The first-order valence-corrected chi connectivity index (χ1v) is 12.0. The molecule has 1 aliphatic rings. The van der Waals surface area contributed by atoms with Gasteiger partial charge >= 0.3 is 0 Å². The van der Waals surface area contributed by atoms with Gasteiger partial charge in [-0.3, -0.25) is 9.59 Å². The molecule has 180 valence electrons. The van der Waals surface area contributed by atoms with Gasteiger partial charge in [-0.05, 0) is 75.4 Å². The second-order valence-electron chi connectivity index (χ2n) is 9.22. The van der Waals surface area contributed by atoms with Gasteiger partial charge < -0.3 is 18.8 Å². The van der Waals surface area contributed by atoms with Gasteiger partial charge in [0.1, 0.15) is 11.3 Å². The van der Waals surface area contributed by atoms with Crippen molar-refractivity contribution in [3.63, 3.8) is 0 Å². The van der Waals surface area contributed by atoms with E-state index in [9.17, 15) is 9.59 Å². The third kappa shape index (κ3) is 4.60. The standard InChI is InChI=1S/C28H33NO5/c1-6-13-33-21-10-8-20(9-11-21)25-24-26(30)23-19(5)15-18(4)16-22(23)34-27(24)28(31)29(25)12-7-14-32-17(2)3/h8-11,15-17,25H,6-7,12-14H2,1-5H3. The molecule has 1 atom stereocenters. The minimum atomic E-state index is -0.511. The monoisotopic (exact) mass is 463 g/mol. The van der Waals surface area contributed by atoms with Crippen LogP contribution in [0, 0.1) is 13.8 Å². The molecule has 2 heterocycles. The first-order valence-electron chi connectivity index (χ1n) is 12.0. The van der Waals surface area contributed by atoms with Crippen molar-refractivity contribution in [2.24, 2.45) is 0 Å². The minimum Gasteiger partial charge on any atom is -0.494 e. The summed E-state index contributed by atoms with van der Waals surface area (Å²) in [5.74, 6) is 0.654. The molecule has 6 heteroatoms. The maximum absolute atomic E-state index is 13.8. The molecular formula is C28H33NO5. The minimum absolute atomic E-state index is 0.123. The van der Waals surface area contributed by atoms with Gasteiger partial charge in [0.2, 0.25) is 5.76 Å². The van der Waals surface area contributed by atoms with E-state index >= 15 is 0 Å². The first-order chi connectivity index (χ1) is 16.3. The highest BCUT2D eigenvalue weighted by Gasteiger charge is 2.42. The third-order valence-corrected chi connectivity index (χ3v) is 6.08. The fourth-order valence-electron chi connectivity index (χ4n) is 4.61. The average molecular weight is 464 g/mol. The van der Waals surface area contributed by atoms with E-state index in [1.54, 1.807) is 4.90 Å². The topological polar surface area (TPSA) is 69.0 Å². The summed E-state index contributed by atoms with van der Waals surface area (Å²) in [6.07, 6.45) is 1.71. The number of hydrogen-bond acceptors (Lipinski definition) is 5. The lowest BCUT2D eigenvalue weighted by Gasteiger charge is -2.25. The average Bonchev–Trinajstić information content (AvgIpc) is 3.07. The van der Waals surface area contributed by atoms with Crippen LogP contribution in [0.15, 0.2) is 45.6 Å². The number of hydrogen-bond donors (Lipinski definition) is 0. The predicted octanol–water partition coefficient (Wildman–Crippen LogP) is 5.56. The molecule has 1 aromatic heterocycles. The molecule has 0 aliphatic carbocycles. The highest BCUT2D eigenvalue weighted by atomic mass is 16.5. The van der Waals surface area contributed by atoms with E-state index in [1.165, 1.54) is 0 Å². The number of amides is 1. The van der Waals surface area contributed by atoms with E-state index in [4.69, 9.17) is 13.9 Å². The molecule has 1 amide bonds. The van der Waals surface area contributed by atoms with Crippen molar-refractivity contribution >= 4 is 16.9 Å². The van der Waals surface area contributed by atoms with Crippen LogP contribution in [0.1, 0.15) is 72.5 Å². The lowest BCUT2D eigenvalue weighted by Crippen LogP contribution is -2.31. The van der Waals surface area contributed by atoms with Crippen LogP contribution in [0.4, 0.5) is 0 Å². The Hall–Kier alpha value is -3.12. The quantitative estimate of drug-likeness (QED) is 0.389. The number of ether oxygens (including phenoxy) is 2. The summed E-state index contributed by atoms with van der Waals surface area (Å²) in [6.45, 7) is 11.5. The van der Waals surface area contributed by atoms with Crippen molar-refractivity contribution in [3.05, 3.63) is 74.6 Å². The lowest BCUT2D eigenvalue weighted by molar-refractivity contribution is 0.0593. The van der Waals surface area contributed by atoms with Crippen molar-refractivity contribution in [2.75, 3.05) is 19.8 Å². The fraction of sp³-hybridized carbons (Fsp3) is 0.429. The summed E-state index contributed by atoms with van der Waals surface area (Å²) in [4.78, 5) is 29.0. The van der Waals surface area contributed by atoms with E-state index < -0.39 is 6.04 Å². The number of carbonyl (C=O) groups excluding carboxylic acids is 1. The van der Waals surface area contributed by atoms with Crippen LogP contribution >= 0.6 is 0 Å². The number of rotatable bonds is 9. The smallest absolute Gasteiger partial charge is 0.290 e. The zero-order valence-corrected chi connectivity index (χ0v) is 20.6. The first kappa shape index (κ1) is 24.0. The molecule has 0 saturated carbocycles. The fourth-order valence-corrected chi connectivity index (χ4v) is 4.61. The van der Waals surface area contributed by atoms with Crippen LogP contribution in [0.25, 0.3) is 11.0 Å². The molecule has 1 unspecified atom stereocenters. The maximum Gasteiger partial charge on any atom is 0.290 e. The van der Waals surface area contributed by atoms with Gasteiger partial charge in [0.15, 0.2) is 5.43 Å². The van der Waals surface area contributed by atoms with Crippen LogP contribution in [0.2, 0.25) is 0 Å². The van der Waals surface area contributed by atoms with Crippen LogP contribution in [-0.2, 0) is 4.74 Å². The molecule has 0 fully saturated rings. The summed E-state index contributed by atoms with van der Waals surface area (Å²) in [6, 6.07) is 10.9. The Morgan fingerprint density at radius 2 is 1.79 bits per heavy atom. The maximum atomic E-state index is 13.8. The molecule has 0 N–H and O–H groups in total. The Balaban J connectivity index is 1.79. The highest BCUT2D eigenvalue weighted by Crippen LogP contribution is 2.39. The Morgan fingerprint density at radius 3 is 2.47 bits per heavy atom. The third-order valence-electron chi connectivity index (χ3n) is 6.08. The van der Waals surface area contributed by atoms with Crippen LogP contribution in [-0.4, -0.2) is 36.7 Å². The van der Waals surface area contributed by atoms with Gasteiger partial charge in [-0.15, -0.1) is 0 Å². The zero-order chi connectivity index (χ0) is 24.4. The molecule has 0 saturated heterocycles. The van der Waals surface area contributed by atoms with E-state index in [-0.39, 0.29) is 23.2 Å². The van der Waals surface area contributed by atoms with Gasteiger partial charge in [-0.25, -0.2) is 0 Å². The van der Waals surface area contributed by atoms with Crippen LogP contribution in [0.5, 0.6) is 5.75 Å². The SMILES string of the molecule is CCCOc1ccc(C2c3c(oc4cc(C)cc(C)c4c3=O)C(=O)N2CCCOC(C)C)cc1. The van der Waals surface area contributed by atoms with E-state index in [0.717, 1.165) is 28.9 Å². The largest absolute Gasteiger partial charge is 0.494 e. The zero-order valence-electron chi connectivity index (χ0n) is 20.6. The Bertz CT molecular complexity index is 1240. The summed E-state index contributed by atoms with van der Waals surface area (Å²) >= 11 is 0. The van der Waals surface area contributed by atoms with Gasteiger partial charge in [0.25, 0.3) is 5.91 Å². The normalized spacial score (nSPS) is 15.4. The second-order valence-corrected chi connectivity index (χ2v) is 9.22.